The minimum absolute atomic E-state index is 0.433. The highest BCUT2D eigenvalue weighted by molar-refractivity contribution is 5.55. The van der Waals surface area contributed by atoms with Crippen LogP contribution in [0.1, 0.15) is 12.8 Å². The zero-order valence-corrected chi connectivity index (χ0v) is 8.98. The third kappa shape index (κ3) is 2.56. The summed E-state index contributed by atoms with van der Waals surface area (Å²) in [6, 6.07) is 0.433. The third-order valence-electron chi connectivity index (χ3n) is 2.69. The molecule has 0 aliphatic carbocycles. The molecule has 82 valence electrons. The summed E-state index contributed by atoms with van der Waals surface area (Å²) in [6.07, 6.45) is 5.65. The van der Waals surface area contributed by atoms with Crippen molar-refractivity contribution < 1.29 is 0 Å². The average molecular weight is 207 g/mol. The molecular weight excluding hydrogens is 190 g/mol. The van der Waals surface area contributed by atoms with E-state index in [1.165, 1.54) is 19.4 Å². The van der Waals surface area contributed by atoms with Gasteiger partial charge in [-0.1, -0.05) is 0 Å². The average Bonchev–Trinajstić information content (AvgIpc) is 2.22. The zero-order valence-electron chi connectivity index (χ0n) is 8.98. The van der Waals surface area contributed by atoms with E-state index in [1.54, 1.807) is 12.4 Å². The van der Waals surface area contributed by atoms with Gasteiger partial charge in [0.15, 0.2) is 11.6 Å². The lowest BCUT2D eigenvalue weighted by Gasteiger charge is -2.30. The van der Waals surface area contributed by atoms with Crippen molar-refractivity contribution >= 4 is 11.6 Å². The summed E-state index contributed by atoms with van der Waals surface area (Å²) in [5.41, 5.74) is 5.72. The number of nitrogens with one attached hydrogen (secondary N) is 1. The second kappa shape index (κ2) is 4.44. The molecule has 0 radical (unpaired) electrons. The first-order valence-electron chi connectivity index (χ1n) is 5.27. The fraction of sp³-hybridized carbons (Fsp3) is 0.600. The molecule has 3 N–H and O–H groups in total. The van der Waals surface area contributed by atoms with E-state index >= 15 is 0 Å². The largest absolute Gasteiger partial charge is 0.381 e. The van der Waals surface area contributed by atoms with Crippen LogP contribution in [0.3, 0.4) is 0 Å². The summed E-state index contributed by atoms with van der Waals surface area (Å²) < 4.78 is 0. The number of hydrogen-bond donors (Lipinski definition) is 2. The van der Waals surface area contributed by atoms with E-state index < -0.39 is 0 Å². The Morgan fingerprint density at radius 1 is 1.47 bits per heavy atom. The van der Waals surface area contributed by atoms with Crippen molar-refractivity contribution in [1.29, 1.82) is 0 Å². The van der Waals surface area contributed by atoms with Gasteiger partial charge in [0, 0.05) is 25.0 Å². The highest BCUT2D eigenvalue weighted by atomic mass is 15.2. The molecule has 0 saturated carbocycles. The number of likely N-dealkylation sites (tertiary alicyclic amines) is 1. The van der Waals surface area contributed by atoms with E-state index in [0.717, 1.165) is 6.54 Å². The van der Waals surface area contributed by atoms with Crippen molar-refractivity contribution in [3.8, 4) is 0 Å². The normalized spacial score (nSPS) is 22.6. The summed E-state index contributed by atoms with van der Waals surface area (Å²) >= 11 is 0. The van der Waals surface area contributed by atoms with Crippen LogP contribution < -0.4 is 11.1 Å². The Balaban J connectivity index is 1.99. The maximum Gasteiger partial charge on any atom is 0.169 e. The Hall–Kier alpha value is -1.36. The molecule has 2 heterocycles. The molecule has 1 aromatic heterocycles. The lowest BCUT2D eigenvalue weighted by molar-refractivity contribution is 0.261. The van der Waals surface area contributed by atoms with Crippen LogP contribution in [0, 0.1) is 0 Å². The topological polar surface area (TPSA) is 67.1 Å². The maximum absolute atomic E-state index is 5.72. The van der Waals surface area contributed by atoms with Crippen LogP contribution in [0.4, 0.5) is 11.6 Å². The molecule has 0 amide bonds. The molecule has 15 heavy (non-hydrogen) atoms. The molecule has 1 saturated heterocycles. The number of nitrogens with two attached hydrogens (primary N) is 1. The minimum Gasteiger partial charge on any atom is -0.381 e. The Labute approximate surface area is 89.7 Å². The van der Waals surface area contributed by atoms with E-state index in [9.17, 15) is 0 Å². The number of hydrogen-bond acceptors (Lipinski definition) is 5. The second-order valence-electron chi connectivity index (χ2n) is 4.04. The molecule has 1 atom stereocenters. The summed E-state index contributed by atoms with van der Waals surface area (Å²) in [4.78, 5) is 10.5. The number of likely N-dealkylation sites (N-methyl/N-ethyl adjacent to an activating group) is 1. The van der Waals surface area contributed by atoms with Crippen molar-refractivity contribution in [2.75, 3.05) is 31.2 Å². The van der Waals surface area contributed by atoms with Gasteiger partial charge in [0.05, 0.1) is 0 Å². The van der Waals surface area contributed by atoms with Gasteiger partial charge in [-0.25, -0.2) is 9.97 Å². The van der Waals surface area contributed by atoms with E-state index in [1.807, 2.05) is 0 Å². The van der Waals surface area contributed by atoms with Crippen LogP contribution in [0.15, 0.2) is 12.4 Å². The smallest absolute Gasteiger partial charge is 0.169 e. The van der Waals surface area contributed by atoms with Gasteiger partial charge >= 0.3 is 0 Å². The lowest BCUT2D eigenvalue weighted by Crippen LogP contribution is -2.40. The van der Waals surface area contributed by atoms with Crippen LogP contribution in [0.5, 0.6) is 0 Å². The summed E-state index contributed by atoms with van der Waals surface area (Å²) in [5.74, 6) is 1.18. The second-order valence-corrected chi connectivity index (χ2v) is 4.04. The van der Waals surface area contributed by atoms with Crippen LogP contribution >= 0.6 is 0 Å². The van der Waals surface area contributed by atoms with Crippen LogP contribution in [0.2, 0.25) is 0 Å². The molecule has 1 aromatic rings. The van der Waals surface area contributed by atoms with Gasteiger partial charge in [0.2, 0.25) is 0 Å². The highest BCUT2D eigenvalue weighted by Crippen LogP contribution is 2.16. The Morgan fingerprint density at radius 2 is 2.27 bits per heavy atom. The number of nitrogen functional groups attached to an aromatic ring is 1. The number of piperidine rings is 1. The first-order valence-corrected chi connectivity index (χ1v) is 5.27. The van der Waals surface area contributed by atoms with Crippen LogP contribution in [0.25, 0.3) is 0 Å². The molecule has 0 bridgehead atoms. The van der Waals surface area contributed by atoms with Gasteiger partial charge in [-0.05, 0) is 26.4 Å². The van der Waals surface area contributed by atoms with E-state index in [0.29, 0.717) is 17.7 Å². The summed E-state index contributed by atoms with van der Waals surface area (Å²) in [7, 11) is 2.13. The van der Waals surface area contributed by atoms with E-state index in [2.05, 4.69) is 27.2 Å². The van der Waals surface area contributed by atoms with Crippen LogP contribution in [-0.4, -0.2) is 41.0 Å². The molecule has 5 heteroatoms. The molecule has 2 rings (SSSR count). The Kier molecular flexibility index (Phi) is 3.01. The predicted octanol–water partition coefficient (Wildman–Crippen LogP) is 0.565. The Bertz CT molecular complexity index is 327. The SMILES string of the molecule is CN1CCCC(Nc2nccnc2N)C1. The third-order valence-corrected chi connectivity index (χ3v) is 2.69. The molecule has 0 spiro atoms. The van der Waals surface area contributed by atoms with Crippen molar-refractivity contribution in [3.05, 3.63) is 12.4 Å². The molecule has 0 aromatic carbocycles. The fourth-order valence-corrected chi connectivity index (χ4v) is 1.94. The lowest BCUT2D eigenvalue weighted by atomic mass is 10.1. The first-order chi connectivity index (χ1) is 7.25. The number of rotatable bonds is 2. The van der Waals surface area contributed by atoms with Gasteiger partial charge in [-0.2, -0.15) is 0 Å². The number of anilines is 2. The van der Waals surface area contributed by atoms with Gasteiger partial charge < -0.3 is 16.0 Å². The van der Waals surface area contributed by atoms with Crippen molar-refractivity contribution in [1.82, 2.24) is 14.9 Å². The number of nitrogens with zero attached hydrogens (tertiary/aromatic N) is 3. The minimum atomic E-state index is 0.433. The van der Waals surface area contributed by atoms with Crippen LogP contribution in [-0.2, 0) is 0 Å². The summed E-state index contributed by atoms with van der Waals surface area (Å²) in [6.45, 7) is 2.21. The van der Waals surface area contributed by atoms with Gasteiger partial charge in [-0.3, -0.25) is 0 Å². The standard InChI is InChI=1S/C10H17N5/c1-15-6-2-3-8(7-15)14-10-9(11)12-4-5-13-10/h4-5,8H,2-3,6-7H2,1H3,(H2,11,12)(H,13,14). The molecule has 1 aliphatic heterocycles. The molecule has 1 fully saturated rings. The predicted molar refractivity (Wildman–Crippen MR) is 60.6 cm³/mol. The van der Waals surface area contributed by atoms with E-state index in [4.69, 9.17) is 5.73 Å². The molecule has 5 nitrogen and oxygen atoms in total. The number of aromatic nitrogens is 2. The Morgan fingerprint density at radius 3 is 3.00 bits per heavy atom. The van der Waals surface area contributed by atoms with Crippen molar-refractivity contribution in [2.24, 2.45) is 0 Å². The van der Waals surface area contributed by atoms with Crippen molar-refractivity contribution in [2.45, 2.75) is 18.9 Å². The molecular formula is C10H17N5. The summed E-state index contributed by atoms with van der Waals surface area (Å²) in [5, 5.41) is 3.34. The quantitative estimate of drug-likeness (QED) is 0.742. The monoisotopic (exact) mass is 207 g/mol. The highest BCUT2D eigenvalue weighted by Gasteiger charge is 2.17. The molecule has 1 unspecified atom stereocenters. The fourth-order valence-electron chi connectivity index (χ4n) is 1.94. The first kappa shape index (κ1) is 10.2. The zero-order chi connectivity index (χ0) is 10.7. The van der Waals surface area contributed by atoms with Gasteiger partial charge in [-0.15, -0.1) is 0 Å². The van der Waals surface area contributed by atoms with Gasteiger partial charge in [0.1, 0.15) is 0 Å². The van der Waals surface area contributed by atoms with Crippen molar-refractivity contribution in [3.63, 3.8) is 0 Å². The van der Waals surface area contributed by atoms with E-state index in [-0.39, 0.29) is 0 Å². The van der Waals surface area contributed by atoms with Gasteiger partial charge in [0.25, 0.3) is 0 Å². The maximum atomic E-state index is 5.72. The molecule has 1 aliphatic rings.